The highest BCUT2D eigenvalue weighted by Crippen LogP contribution is 2.44. The van der Waals surface area contributed by atoms with Crippen molar-refractivity contribution in [1.82, 2.24) is 19.5 Å². The van der Waals surface area contributed by atoms with Gasteiger partial charge in [-0.3, -0.25) is 0 Å². The zero-order valence-electron chi connectivity index (χ0n) is 15.4. The van der Waals surface area contributed by atoms with E-state index in [2.05, 4.69) is 15.3 Å². The van der Waals surface area contributed by atoms with Gasteiger partial charge in [0.2, 0.25) is 0 Å². The molecule has 0 radical (unpaired) electrons. The van der Waals surface area contributed by atoms with Crippen molar-refractivity contribution in [1.29, 1.82) is 0 Å². The van der Waals surface area contributed by atoms with Crippen molar-refractivity contribution >= 4 is 39.2 Å². The number of benzene rings is 1. The van der Waals surface area contributed by atoms with E-state index < -0.39 is 0 Å². The van der Waals surface area contributed by atoms with Crippen LogP contribution in [-0.2, 0) is 0 Å². The average Bonchev–Trinajstić information content (AvgIpc) is 3.22. The lowest BCUT2D eigenvalue weighted by Crippen LogP contribution is -2.25. The first kappa shape index (κ1) is 16.9. The number of fused-ring (bicyclic) bond motifs is 1. The summed E-state index contributed by atoms with van der Waals surface area (Å²) in [5, 5.41) is 4.16. The Balaban J connectivity index is 1.67. The van der Waals surface area contributed by atoms with Gasteiger partial charge < -0.3 is 14.6 Å². The quantitative estimate of drug-likeness (QED) is 0.554. The standard InChI is InChI=1S/C19H18N6O2S/c1-24(2)15-14-16(22-17(28-14)11-6-7-11)25(19(26)23-15)13-5-3-4-12(10-13)21-18-20-8-9-27-18/h3-5,8-11H,6-7H2,1-2H3,(H,20,21). The number of aromatic nitrogens is 4. The molecule has 28 heavy (non-hydrogen) atoms. The van der Waals surface area contributed by atoms with Gasteiger partial charge >= 0.3 is 5.69 Å². The first-order valence-electron chi connectivity index (χ1n) is 8.98. The van der Waals surface area contributed by atoms with E-state index >= 15 is 0 Å². The molecule has 1 saturated carbocycles. The third-order valence-electron chi connectivity index (χ3n) is 4.57. The summed E-state index contributed by atoms with van der Waals surface area (Å²) in [5.41, 5.74) is 1.76. The molecule has 1 aliphatic rings. The van der Waals surface area contributed by atoms with E-state index in [1.165, 1.54) is 6.26 Å². The molecule has 1 fully saturated rings. The van der Waals surface area contributed by atoms with E-state index in [9.17, 15) is 4.79 Å². The summed E-state index contributed by atoms with van der Waals surface area (Å²) < 4.78 is 7.74. The number of thiazole rings is 1. The molecule has 3 heterocycles. The minimum atomic E-state index is -0.350. The van der Waals surface area contributed by atoms with Crippen LogP contribution in [0.25, 0.3) is 16.0 Å². The van der Waals surface area contributed by atoms with Crippen LogP contribution in [0.3, 0.4) is 0 Å². The molecule has 1 aliphatic carbocycles. The van der Waals surface area contributed by atoms with Crippen molar-refractivity contribution in [2.24, 2.45) is 0 Å². The number of hydrogen-bond donors (Lipinski definition) is 1. The Morgan fingerprint density at radius 3 is 2.86 bits per heavy atom. The highest BCUT2D eigenvalue weighted by atomic mass is 32.1. The van der Waals surface area contributed by atoms with Crippen molar-refractivity contribution < 1.29 is 4.42 Å². The maximum Gasteiger partial charge on any atom is 0.355 e. The summed E-state index contributed by atoms with van der Waals surface area (Å²) in [6, 6.07) is 7.87. The summed E-state index contributed by atoms with van der Waals surface area (Å²) in [5.74, 6) is 1.17. The SMILES string of the molecule is CN(C)c1nc(=O)n(-c2cccc(Nc3ncco3)c2)c2nc(C3CC3)sc12. The number of rotatable bonds is 5. The molecule has 0 saturated heterocycles. The normalized spacial score (nSPS) is 13.8. The predicted molar refractivity (Wildman–Crippen MR) is 109 cm³/mol. The summed E-state index contributed by atoms with van der Waals surface area (Å²) in [4.78, 5) is 28.0. The van der Waals surface area contributed by atoms with Crippen molar-refractivity contribution in [2.45, 2.75) is 18.8 Å². The Kier molecular flexibility index (Phi) is 3.90. The zero-order chi connectivity index (χ0) is 19.3. The topological polar surface area (TPSA) is 89.1 Å². The Labute approximate surface area is 164 Å². The molecule has 9 heteroatoms. The second kappa shape index (κ2) is 6.45. The van der Waals surface area contributed by atoms with E-state index in [0.29, 0.717) is 29.1 Å². The lowest BCUT2D eigenvalue weighted by Gasteiger charge is -2.14. The minimum absolute atomic E-state index is 0.350. The number of anilines is 3. The number of nitrogens with zero attached hydrogens (tertiary/aromatic N) is 5. The second-order valence-electron chi connectivity index (χ2n) is 6.94. The summed E-state index contributed by atoms with van der Waals surface area (Å²) in [6.45, 7) is 0. The van der Waals surface area contributed by atoms with Crippen LogP contribution in [0.5, 0.6) is 0 Å². The Hall–Kier alpha value is -3.20. The fraction of sp³-hybridized carbons (Fsp3) is 0.263. The van der Waals surface area contributed by atoms with Crippen LogP contribution in [-0.4, -0.2) is 33.6 Å². The van der Waals surface area contributed by atoms with Gasteiger partial charge in [-0.15, -0.1) is 11.3 Å². The third-order valence-corrected chi connectivity index (χ3v) is 5.77. The van der Waals surface area contributed by atoms with E-state index in [0.717, 1.165) is 28.2 Å². The van der Waals surface area contributed by atoms with Gasteiger partial charge in [0.15, 0.2) is 11.5 Å². The minimum Gasteiger partial charge on any atom is -0.432 e. The lowest BCUT2D eigenvalue weighted by molar-refractivity contribution is 0.578. The second-order valence-corrected chi connectivity index (χ2v) is 7.97. The third kappa shape index (κ3) is 2.93. The molecule has 142 valence electrons. The smallest absolute Gasteiger partial charge is 0.355 e. The van der Waals surface area contributed by atoms with Crippen molar-refractivity contribution in [3.63, 3.8) is 0 Å². The van der Waals surface area contributed by atoms with Crippen LogP contribution in [0.4, 0.5) is 17.5 Å². The number of hydrogen-bond acceptors (Lipinski definition) is 8. The van der Waals surface area contributed by atoms with Crippen LogP contribution >= 0.6 is 11.3 Å². The lowest BCUT2D eigenvalue weighted by atomic mass is 10.2. The molecule has 0 spiro atoms. The highest BCUT2D eigenvalue weighted by molar-refractivity contribution is 7.19. The molecule has 0 bridgehead atoms. The van der Waals surface area contributed by atoms with E-state index in [-0.39, 0.29) is 5.69 Å². The molecule has 1 aromatic carbocycles. The van der Waals surface area contributed by atoms with Gasteiger partial charge in [0.25, 0.3) is 6.01 Å². The largest absolute Gasteiger partial charge is 0.432 e. The molecule has 0 amide bonds. The highest BCUT2D eigenvalue weighted by Gasteiger charge is 2.29. The fourth-order valence-corrected chi connectivity index (χ4v) is 4.37. The fourth-order valence-electron chi connectivity index (χ4n) is 3.08. The van der Waals surface area contributed by atoms with E-state index in [1.54, 1.807) is 22.1 Å². The average molecular weight is 394 g/mol. The van der Waals surface area contributed by atoms with E-state index in [1.807, 2.05) is 43.3 Å². The van der Waals surface area contributed by atoms with Gasteiger partial charge in [-0.2, -0.15) is 4.98 Å². The van der Waals surface area contributed by atoms with Gasteiger partial charge in [-0.1, -0.05) is 6.07 Å². The molecule has 4 aromatic rings. The molecule has 8 nitrogen and oxygen atoms in total. The van der Waals surface area contributed by atoms with Crippen LogP contribution in [0, 0.1) is 0 Å². The molecule has 1 N–H and O–H groups in total. The first-order valence-corrected chi connectivity index (χ1v) is 9.79. The van der Waals surface area contributed by atoms with Crippen LogP contribution in [0.2, 0.25) is 0 Å². The summed E-state index contributed by atoms with van der Waals surface area (Å²) in [7, 11) is 3.78. The first-order chi connectivity index (χ1) is 13.6. The molecule has 0 unspecified atom stereocenters. The molecule has 3 aromatic heterocycles. The number of oxazole rings is 1. The molecular formula is C19H18N6O2S. The number of nitrogens with one attached hydrogen (secondary N) is 1. The monoisotopic (exact) mass is 394 g/mol. The zero-order valence-corrected chi connectivity index (χ0v) is 16.2. The predicted octanol–water partition coefficient (Wildman–Crippen LogP) is 3.52. The van der Waals surface area contributed by atoms with Crippen molar-refractivity contribution in [3.05, 3.63) is 52.2 Å². The molecular weight excluding hydrogens is 376 g/mol. The molecule has 5 rings (SSSR count). The van der Waals surface area contributed by atoms with E-state index in [4.69, 9.17) is 9.40 Å². The Bertz CT molecular complexity index is 1210. The van der Waals surface area contributed by atoms with Crippen molar-refractivity contribution in [2.75, 3.05) is 24.3 Å². The van der Waals surface area contributed by atoms with Crippen LogP contribution in [0.15, 0.2) is 45.9 Å². The van der Waals surface area contributed by atoms with Gasteiger partial charge in [-0.05, 0) is 31.0 Å². The van der Waals surface area contributed by atoms with Gasteiger partial charge in [-0.25, -0.2) is 19.3 Å². The summed E-state index contributed by atoms with van der Waals surface area (Å²) >= 11 is 1.63. The Morgan fingerprint density at radius 2 is 2.14 bits per heavy atom. The molecule has 0 atom stereocenters. The maximum absolute atomic E-state index is 12.9. The van der Waals surface area contributed by atoms with Gasteiger partial charge in [0.1, 0.15) is 11.0 Å². The van der Waals surface area contributed by atoms with Gasteiger partial charge in [0.05, 0.1) is 16.9 Å². The van der Waals surface area contributed by atoms with Crippen LogP contribution in [0.1, 0.15) is 23.8 Å². The van der Waals surface area contributed by atoms with Crippen LogP contribution < -0.4 is 15.9 Å². The summed E-state index contributed by atoms with van der Waals surface area (Å²) in [6.07, 6.45) is 5.38. The van der Waals surface area contributed by atoms with Crippen molar-refractivity contribution in [3.8, 4) is 5.69 Å². The Morgan fingerprint density at radius 1 is 1.29 bits per heavy atom. The maximum atomic E-state index is 12.9. The van der Waals surface area contributed by atoms with Gasteiger partial charge in [0, 0.05) is 25.7 Å². The molecule has 0 aliphatic heterocycles.